The van der Waals surface area contributed by atoms with E-state index in [0.717, 1.165) is 0 Å². The molecular weight excluding hydrogens is 182 g/mol. The number of aromatic hydroxyl groups is 1. The standard InChI is InChI=1S/C10H11NO3/c1-11(2)10(14)7-4-3-5-9(13)8(7)6-12/h3-6,13H,1-2H3. The molecule has 0 heterocycles. The van der Waals surface area contributed by atoms with Gasteiger partial charge >= 0.3 is 0 Å². The maximum Gasteiger partial charge on any atom is 0.254 e. The molecule has 0 fully saturated rings. The molecule has 1 aromatic rings. The van der Waals surface area contributed by atoms with Crippen molar-refractivity contribution in [3.8, 4) is 5.75 Å². The Labute approximate surface area is 81.8 Å². The summed E-state index contributed by atoms with van der Waals surface area (Å²) in [5.41, 5.74) is 0.246. The fourth-order valence-corrected chi connectivity index (χ4v) is 1.10. The first-order valence-electron chi connectivity index (χ1n) is 4.06. The number of aldehydes is 1. The highest BCUT2D eigenvalue weighted by atomic mass is 16.3. The zero-order chi connectivity index (χ0) is 10.7. The molecule has 4 nitrogen and oxygen atoms in total. The van der Waals surface area contributed by atoms with E-state index in [9.17, 15) is 14.7 Å². The Balaban J connectivity index is 3.27. The SMILES string of the molecule is CN(C)C(=O)c1cccc(O)c1C=O. The van der Waals surface area contributed by atoms with Gasteiger partial charge in [-0.3, -0.25) is 9.59 Å². The van der Waals surface area contributed by atoms with Crippen molar-refractivity contribution in [3.05, 3.63) is 29.3 Å². The van der Waals surface area contributed by atoms with Gasteiger partial charge in [0.25, 0.3) is 5.91 Å². The molecule has 0 bridgehead atoms. The van der Waals surface area contributed by atoms with Crippen LogP contribution in [0, 0.1) is 0 Å². The average molecular weight is 193 g/mol. The van der Waals surface area contributed by atoms with Gasteiger partial charge in [0.15, 0.2) is 6.29 Å². The minimum atomic E-state index is -0.303. The van der Waals surface area contributed by atoms with E-state index < -0.39 is 0 Å². The number of rotatable bonds is 2. The van der Waals surface area contributed by atoms with Gasteiger partial charge in [-0.25, -0.2) is 0 Å². The van der Waals surface area contributed by atoms with Gasteiger partial charge in [0.1, 0.15) is 5.75 Å². The summed E-state index contributed by atoms with van der Waals surface area (Å²) < 4.78 is 0. The molecule has 0 aliphatic heterocycles. The van der Waals surface area contributed by atoms with Crippen LogP contribution in [0.25, 0.3) is 0 Å². The van der Waals surface area contributed by atoms with Crippen LogP contribution in [0.4, 0.5) is 0 Å². The Bertz CT molecular complexity index is 372. The number of hydrogen-bond acceptors (Lipinski definition) is 3. The Hall–Kier alpha value is -1.84. The molecule has 1 rings (SSSR count). The number of amides is 1. The van der Waals surface area contributed by atoms with Crippen LogP contribution in [0.2, 0.25) is 0 Å². The van der Waals surface area contributed by atoms with Crippen molar-refractivity contribution in [1.29, 1.82) is 0 Å². The molecule has 0 saturated carbocycles. The normalized spacial score (nSPS) is 9.57. The van der Waals surface area contributed by atoms with Crippen LogP contribution >= 0.6 is 0 Å². The summed E-state index contributed by atoms with van der Waals surface area (Å²) in [5.74, 6) is -0.476. The molecule has 0 aliphatic rings. The lowest BCUT2D eigenvalue weighted by atomic mass is 10.1. The molecule has 0 radical (unpaired) electrons. The van der Waals surface area contributed by atoms with Crippen LogP contribution < -0.4 is 0 Å². The second-order valence-electron chi connectivity index (χ2n) is 3.06. The average Bonchev–Trinajstić information content (AvgIpc) is 2.16. The summed E-state index contributed by atoms with van der Waals surface area (Å²) in [5, 5.41) is 9.32. The molecular formula is C10H11NO3. The van der Waals surface area contributed by atoms with Gasteiger partial charge in [-0.15, -0.1) is 0 Å². The Morgan fingerprint density at radius 3 is 2.57 bits per heavy atom. The van der Waals surface area contributed by atoms with Crippen molar-refractivity contribution in [3.63, 3.8) is 0 Å². The molecule has 1 amide bonds. The summed E-state index contributed by atoms with van der Waals surface area (Å²) in [6, 6.07) is 4.40. The first kappa shape index (κ1) is 10.2. The third kappa shape index (κ3) is 1.74. The predicted octanol–water partition coefficient (Wildman–Crippen LogP) is 0.907. The molecule has 0 atom stereocenters. The van der Waals surface area contributed by atoms with Gasteiger partial charge in [-0.2, -0.15) is 0 Å². The lowest BCUT2D eigenvalue weighted by Crippen LogP contribution is -2.22. The van der Waals surface area contributed by atoms with E-state index in [2.05, 4.69) is 0 Å². The Morgan fingerprint density at radius 2 is 2.07 bits per heavy atom. The molecule has 1 aromatic carbocycles. The monoisotopic (exact) mass is 193 g/mol. The van der Waals surface area contributed by atoms with Crippen molar-refractivity contribution in [2.75, 3.05) is 14.1 Å². The van der Waals surface area contributed by atoms with E-state index in [0.29, 0.717) is 6.29 Å². The van der Waals surface area contributed by atoms with Gasteiger partial charge in [0, 0.05) is 14.1 Å². The number of carbonyl (C=O) groups excluding carboxylic acids is 2. The Morgan fingerprint density at radius 1 is 1.43 bits per heavy atom. The van der Waals surface area contributed by atoms with E-state index >= 15 is 0 Å². The van der Waals surface area contributed by atoms with Crippen molar-refractivity contribution >= 4 is 12.2 Å². The van der Waals surface area contributed by atoms with Crippen molar-refractivity contribution in [2.45, 2.75) is 0 Å². The molecule has 1 N–H and O–H groups in total. The molecule has 4 heteroatoms. The predicted molar refractivity (Wildman–Crippen MR) is 51.5 cm³/mol. The van der Waals surface area contributed by atoms with Crippen LogP contribution in [0.1, 0.15) is 20.7 Å². The zero-order valence-corrected chi connectivity index (χ0v) is 8.02. The summed E-state index contributed by atoms with van der Waals surface area (Å²) in [4.78, 5) is 23.5. The minimum Gasteiger partial charge on any atom is -0.507 e. The van der Waals surface area contributed by atoms with Crippen molar-refractivity contribution < 1.29 is 14.7 Å². The maximum absolute atomic E-state index is 11.5. The molecule has 0 unspecified atom stereocenters. The van der Waals surface area contributed by atoms with Crippen molar-refractivity contribution in [2.24, 2.45) is 0 Å². The van der Waals surface area contributed by atoms with E-state index in [4.69, 9.17) is 0 Å². The first-order chi connectivity index (χ1) is 6.57. The van der Waals surface area contributed by atoms with Gasteiger partial charge in [0.05, 0.1) is 11.1 Å². The topological polar surface area (TPSA) is 57.6 Å². The smallest absolute Gasteiger partial charge is 0.254 e. The third-order valence-corrected chi connectivity index (χ3v) is 1.84. The highest BCUT2D eigenvalue weighted by molar-refractivity contribution is 6.02. The second kappa shape index (κ2) is 3.91. The number of hydrogen-bond donors (Lipinski definition) is 1. The van der Waals surface area contributed by atoms with Gasteiger partial charge in [-0.1, -0.05) is 6.07 Å². The number of phenolic OH excluding ortho intramolecular Hbond substituents is 1. The summed E-state index contributed by atoms with van der Waals surface area (Å²) >= 11 is 0. The van der Waals surface area contributed by atoms with E-state index in [1.54, 1.807) is 14.1 Å². The highest BCUT2D eigenvalue weighted by Gasteiger charge is 2.15. The molecule has 0 aromatic heterocycles. The van der Waals surface area contributed by atoms with Gasteiger partial charge in [-0.05, 0) is 12.1 Å². The fraction of sp³-hybridized carbons (Fsp3) is 0.200. The van der Waals surface area contributed by atoms with Crippen LogP contribution in [-0.4, -0.2) is 36.3 Å². The van der Waals surface area contributed by atoms with Gasteiger partial charge < -0.3 is 10.0 Å². The van der Waals surface area contributed by atoms with Gasteiger partial charge in [0.2, 0.25) is 0 Å². The lowest BCUT2D eigenvalue weighted by molar-refractivity contribution is 0.0823. The highest BCUT2D eigenvalue weighted by Crippen LogP contribution is 2.19. The quantitative estimate of drug-likeness (QED) is 0.710. The summed E-state index contributed by atoms with van der Waals surface area (Å²) in [7, 11) is 3.17. The second-order valence-corrected chi connectivity index (χ2v) is 3.06. The lowest BCUT2D eigenvalue weighted by Gasteiger charge is -2.12. The number of nitrogens with zero attached hydrogens (tertiary/aromatic N) is 1. The van der Waals surface area contributed by atoms with Crippen LogP contribution in [0.3, 0.4) is 0 Å². The first-order valence-corrected chi connectivity index (χ1v) is 4.06. The molecule has 0 spiro atoms. The summed E-state index contributed by atoms with van der Waals surface area (Å²) in [6.45, 7) is 0. The van der Waals surface area contributed by atoms with E-state index in [1.165, 1.54) is 23.1 Å². The van der Waals surface area contributed by atoms with Crippen LogP contribution in [0.5, 0.6) is 5.75 Å². The number of benzene rings is 1. The van der Waals surface area contributed by atoms with Crippen molar-refractivity contribution in [1.82, 2.24) is 4.90 Å². The summed E-state index contributed by atoms with van der Waals surface area (Å²) in [6.07, 6.45) is 0.478. The van der Waals surface area contributed by atoms with E-state index in [-0.39, 0.29) is 22.8 Å². The molecule has 74 valence electrons. The minimum absolute atomic E-state index is 0.0335. The number of phenols is 1. The fourth-order valence-electron chi connectivity index (χ4n) is 1.10. The van der Waals surface area contributed by atoms with Crippen LogP contribution in [0.15, 0.2) is 18.2 Å². The zero-order valence-electron chi connectivity index (χ0n) is 8.02. The van der Waals surface area contributed by atoms with E-state index in [1.807, 2.05) is 0 Å². The Kier molecular flexibility index (Phi) is 2.86. The maximum atomic E-state index is 11.5. The van der Waals surface area contributed by atoms with Crippen LogP contribution in [-0.2, 0) is 0 Å². The largest absolute Gasteiger partial charge is 0.507 e. The molecule has 14 heavy (non-hydrogen) atoms. The molecule has 0 aliphatic carbocycles. The third-order valence-electron chi connectivity index (χ3n) is 1.84. The molecule has 0 saturated heterocycles. The number of carbonyl (C=O) groups is 2.